The fourth-order valence-electron chi connectivity index (χ4n) is 4.74. The number of nitrogens with one attached hydrogen (secondary N) is 1. The quantitative estimate of drug-likeness (QED) is 0.754. The molecule has 1 saturated heterocycles. The van der Waals surface area contributed by atoms with Crippen molar-refractivity contribution in [2.45, 2.75) is 57.8 Å². The largest absolute Gasteiger partial charge is 0.497 e. The Bertz CT molecular complexity index is 946. The average Bonchev–Trinajstić information content (AvgIpc) is 2.84. The number of hydrogen-bond acceptors (Lipinski definition) is 5. The summed E-state index contributed by atoms with van der Waals surface area (Å²) in [7, 11) is 1.61. The molecule has 0 bridgehead atoms. The van der Waals surface area contributed by atoms with E-state index in [0.717, 1.165) is 50.3 Å². The average molecular weight is 437 g/mol. The van der Waals surface area contributed by atoms with Gasteiger partial charge in [0.05, 0.1) is 18.4 Å². The number of piperidine rings is 1. The second-order valence-corrected chi connectivity index (χ2v) is 8.84. The second-order valence-electron chi connectivity index (χ2n) is 8.84. The van der Waals surface area contributed by atoms with Gasteiger partial charge in [-0.15, -0.1) is 0 Å². The lowest BCUT2D eigenvalue weighted by Gasteiger charge is -2.34. The molecule has 7 nitrogen and oxygen atoms in total. The molecule has 170 valence electrons. The van der Waals surface area contributed by atoms with Crippen molar-refractivity contribution in [3.05, 3.63) is 47.5 Å². The van der Waals surface area contributed by atoms with Crippen LogP contribution < -0.4 is 10.1 Å². The minimum absolute atomic E-state index is 0.224. The lowest BCUT2D eigenvalue weighted by atomic mass is 9.87. The summed E-state index contributed by atoms with van der Waals surface area (Å²) in [4.78, 5) is 36.7. The fraction of sp³-hybridized carbons (Fsp3) is 0.520. The zero-order valence-electron chi connectivity index (χ0n) is 19.0. The van der Waals surface area contributed by atoms with Gasteiger partial charge in [0, 0.05) is 36.8 Å². The number of anilines is 1. The SMILES string of the molecule is COc1ccc(NC(=O)c2cnc(C3CCN(C(=O)C4CCCCC4)CC3)nc2C)cc1. The summed E-state index contributed by atoms with van der Waals surface area (Å²) in [6.07, 6.45) is 9.07. The van der Waals surface area contributed by atoms with Crippen LogP contribution in [0.25, 0.3) is 0 Å². The van der Waals surface area contributed by atoms with Crippen molar-refractivity contribution in [3.8, 4) is 5.75 Å². The van der Waals surface area contributed by atoms with Crippen LogP contribution in [0.4, 0.5) is 5.69 Å². The molecule has 1 aromatic carbocycles. The summed E-state index contributed by atoms with van der Waals surface area (Å²) in [5.74, 6) is 2.06. The van der Waals surface area contributed by atoms with E-state index >= 15 is 0 Å². The Hall–Kier alpha value is -2.96. The maximum Gasteiger partial charge on any atom is 0.259 e. The Morgan fingerprint density at radius 1 is 1.03 bits per heavy atom. The fourth-order valence-corrected chi connectivity index (χ4v) is 4.74. The summed E-state index contributed by atoms with van der Waals surface area (Å²) in [6.45, 7) is 3.38. The molecule has 0 spiro atoms. The molecule has 1 aliphatic carbocycles. The van der Waals surface area contributed by atoms with Gasteiger partial charge in [0.25, 0.3) is 5.91 Å². The Labute approximate surface area is 189 Å². The van der Waals surface area contributed by atoms with E-state index in [1.165, 1.54) is 19.3 Å². The number of carbonyl (C=O) groups is 2. The third kappa shape index (κ3) is 5.09. The topological polar surface area (TPSA) is 84.4 Å². The molecule has 1 N–H and O–H groups in total. The molecule has 32 heavy (non-hydrogen) atoms. The van der Waals surface area contributed by atoms with E-state index in [9.17, 15) is 9.59 Å². The number of ether oxygens (including phenoxy) is 1. The first kappa shape index (κ1) is 22.2. The first-order chi connectivity index (χ1) is 15.5. The van der Waals surface area contributed by atoms with Crippen molar-refractivity contribution in [2.24, 2.45) is 5.92 Å². The van der Waals surface area contributed by atoms with E-state index in [2.05, 4.69) is 15.3 Å². The molecule has 7 heteroatoms. The van der Waals surface area contributed by atoms with Crippen LogP contribution in [0.5, 0.6) is 5.75 Å². The summed E-state index contributed by atoms with van der Waals surface area (Å²) in [5.41, 5.74) is 1.82. The van der Waals surface area contributed by atoms with Crippen LogP contribution in [0.1, 0.15) is 72.7 Å². The molecule has 0 radical (unpaired) electrons. The Morgan fingerprint density at radius 2 is 1.72 bits per heavy atom. The van der Waals surface area contributed by atoms with E-state index in [4.69, 9.17) is 4.74 Å². The maximum absolute atomic E-state index is 12.8. The molecule has 2 heterocycles. The molecule has 2 amide bonds. The zero-order valence-corrected chi connectivity index (χ0v) is 19.0. The summed E-state index contributed by atoms with van der Waals surface area (Å²) in [6, 6.07) is 7.19. The van der Waals surface area contributed by atoms with Crippen LogP contribution in [0, 0.1) is 12.8 Å². The van der Waals surface area contributed by atoms with E-state index in [1.807, 2.05) is 11.8 Å². The van der Waals surface area contributed by atoms with E-state index < -0.39 is 0 Å². The molecular formula is C25H32N4O3. The van der Waals surface area contributed by atoms with Gasteiger partial charge in [0.2, 0.25) is 5.91 Å². The highest BCUT2D eigenvalue weighted by atomic mass is 16.5. The van der Waals surface area contributed by atoms with Gasteiger partial charge < -0.3 is 15.0 Å². The van der Waals surface area contributed by atoms with Crippen LogP contribution in [0.2, 0.25) is 0 Å². The molecule has 0 unspecified atom stereocenters. The van der Waals surface area contributed by atoms with Gasteiger partial charge >= 0.3 is 0 Å². The third-order valence-corrected chi connectivity index (χ3v) is 6.72. The van der Waals surface area contributed by atoms with Crippen molar-refractivity contribution < 1.29 is 14.3 Å². The van der Waals surface area contributed by atoms with Crippen LogP contribution in [-0.4, -0.2) is 46.9 Å². The number of hydrogen-bond donors (Lipinski definition) is 1. The molecule has 4 rings (SSSR count). The number of amides is 2. The van der Waals surface area contributed by atoms with Crippen LogP contribution in [-0.2, 0) is 4.79 Å². The van der Waals surface area contributed by atoms with Crippen LogP contribution in [0.15, 0.2) is 30.5 Å². The Balaban J connectivity index is 1.34. The van der Waals surface area contributed by atoms with Crippen molar-refractivity contribution >= 4 is 17.5 Å². The molecule has 1 aromatic heterocycles. The first-order valence-electron chi connectivity index (χ1n) is 11.6. The van der Waals surface area contributed by atoms with E-state index in [0.29, 0.717) is 22.9 Å². The highest BCUT2D eigenvalue weighted by Crippen LogP contribution is 2.30. The van der Waals surface area contributed by atoms with E-state index in [-0.39, 0.29) is 17.7 Å². The monoisotopic (exact) mass is 436 g/mol. The predicted molar refractivity (Wildman–Crippen MR) is 123 cm³/mol. The minimum Gasteiger partial charge on any atom is -0.497 e. The minimum atomic E-state index is -0.230. The van der Waals surface area contributed by atoms with Crippen molar-refractivity contribution in [2.75, 3.05) is 25.5 Å². The lowest BCUT2D eigenvalue weighted by Crippen LogP contribution is -2.42. The van der Waals surface area contributed by atoms with Gasteiger partial charge in [-0.25, -0.2) is 9.97 Å². The number of methoxy groups -OCH3 is 1. The second kappa shape index (κ2) is 10.1. The molecule has 2 aliphatic rings. The predicted octanol–water partition coefficient (Wildman–Crippen LogP) is 4.33. The van der Waals surface area contributed by atoms with Crippen molar-refractivity contribution in [1.29, 1.82) is 0 Å². The van der Waals surface area contributed by atoms with E-state index in [1.54, 1.807) is 37.6 Å². The number of carbonyl (C=O) groups excluding carboxylic acids is 2. The Morgan fingerprint density at radius 3 is 2.34 bits per heavy atom. The lowest BCUT2D eigenvalue weighted by molar-refractivity contribution is -0.137. The number of benzene rings is 1. The molecule has 1 saturated carbocycles. The molecule has 0 atom stereocenters. The summed E-state index contributed by atoms with van der Waals surface area (Å²) in [5, 5.41) is 2.88. The molecule has 2 fully saturated rings. The van der Waals surface area contributed by atoms with Crippen molar-refractivity contribution in [1.82, 2.24) is 14.9 Å². The smallest absolute Gasteiger partial charge is 0.259 e. The Kier molecular flexibility index (Phi) is 7.02. The van der Waals surface area contributed by atoms with Gasteiger partial charge in [-0.3, -0.25) is 9.59 Å². The maximum atomic E-state index is 12.8. The number of aromatic nitrogens is 2. The molecule has 2 aromatic rings. The van der Waals surface area contributed by atoms with Gasteiger partial charge in [0.15, 0.2) is 0 Å². The first-order valence-corrected chi connectivity index (χ1v) is 11.6. The number of nitrogens with zero attached hydrogens (tertiary/aromatic N) is 3. The standard InChI is InChI=1S/C25H32N4O3/c1-17-22(24(30)28-20-8-10-21(32-2)11-9-20)16-26-23(27-17)18-12-14-29(15-13-18)25(31)19-6-4-3-5-7-19/h8-11,16,18-19H,3-7,12-15H2,1-2H3,(H,28,30). The molecular weight excluding hydrogens is 404 g/mol. The number of likely N-dealkylation sites (tertiary alicyclic amines) is 1. The third-order valence-electron chi connectivity index (χ3n) is 6.72. The highest BCUT2D eigenvalue weighted by Gasteiger charge is 2.30. The normalized spacial score (nSPS) is 17.8. The van der Waals surface area contributed by atoms with Gasteiger partial charge in [-0.2, -0.15) is 0 Å². The number of rotatable bonds is 5. The highest BCUT2D eigenvalue weighted by molar-refractivity contribution is 6.04. The van der Waals surface area contributed by atoms with Gasteiger partial charge in [0.1, 0.15) is 11.6 Å². The van der Waals surface area contributed by atoms with Crippen LogP contribution in [0.3, 0.4) is 0 Å². The number of aryl methyl sites for hydroxylation is 1. The van der Waals surface area contributed by atoms with Gasteiger partial charge in [-0.05, 0) is 56.9 Å². The summed E-state index contributed by atoms with van der Waals surface area (Å²) >= 11 is 0. The van der Waals surface area contributed by atoms with Gasteiger partial charge in [-0.1, -0.05) is 19.3 Å². The van der Waals surface area contributed by atoms with Crippen LogP contribution >= 0.6 is 0 Å². The summed E-state index contributed by atoms with van der Waals surface area (Å²) < 4.78 is 5.14. The van der Waals surface area contributed by atoms with Crippen molar-refractivity contribution in [3.63, 3.8) is 0 Å². The molecule has 1 aliphatic heterocycles. The zero-order chi connectivity index (χ0) is 22.5.